The van der Waals surface area contributed by atoms with Gasteiger partial charge in [-0.05, 0) is 57.2 Å². The van der Waals surface area contributed by atoms with Gasteiger partial charge in [-0.1, -0.05) is 23.7 Å². The van der Waals surface area contributed by atoms with Crippen LogP contribution in [0.2, 0.25) is 5.02 Å². The first-order valence-corrected chi connectivity index (χ1v) is 10.7. The van der Waals surface area contributed by atoms with Crippen LogP contribution in [0.1, 0.15) is 31.1 Å². The van der Waals surface area contributed by atoms with Gasteiger partial charge in [-0.3, -0.25) is 9.69 Å². The maximum Gasteiger partial charge on any atom is 0.346 e. The maximum atomic E-state index is 12.9. The summed E-state index contributed by atoms with van der Waals surface area (Å²) in [7, 11) is -4.44. The maximum absolute atomic E-state index is 12.9. The molecule has 0 aromatic heterocycles. The normalized spacial score (nSPS) is 14.9. The summed E-state index contributed by atoms with van der Waals surface area (Å²) in [5.41, 5.74) is -0.655. The lowest BCUT2D eigenvalue weighted by atomic mass is 10.1. The van der Waals surface area contributed by atoms with Crippen LogP contribution in [0.3, 0.4) is 0 Å². The number of halogens is 1. The van der Waals surface area contributed by atoms with Gasteiger partial charge >= 0.3 is 12.0 Å². The van der Waals surface area contributed by atoms with Crippen molar-refractivity contribution in [3.8, 4) is 0 Å². The second-order valence-corrected chi connectivity index (χ2v) is 9.73. The summed E-state index contributed by atoms with van der Waals surface area (Å²) in [5.74, 6) is -1.63. The second-order valence-electron chi connectivity index (χ2n) is 7.50. The highest BCUT2D eigenvalue weighted by Gasteiger charge is 2.46. The molecule has 8 nitrogen and oxygen atoms in total. The molecule has 0 radical (unpaired) electrons. The van der Waals surface area contributed by atoms with E-state index >= 15 is 0 Å². The average Bonchev–Trinajstić information content (AvgIpc) is 2.95. The van der Waals surface area contributed by atoms with E-state index in [0.717, 1.165) is 4.90 Å². The Kier molecular flexibility index (Phi) is 5.62. The molecule has 2 aromatic carbocycles. The number of sulfonamides is 1. The molecule has 158 valence electrons. The van der Waals surface area contributed by atoms with Gasteiger partial charge in [-0.25, -0.2) is 18.0 Å². The van der Waals surface area contributed by atoms with Crippen LogP contribution in [0.5, 0.6) is 0 Å². The van der Waals surface area contributed by atoms with Gasteiger partial charge in [-0.2, -0.15) is 0 Å². The van der Waals surface area contributed by atoms with E-state index < -0.39 is 40.1 Å². The Morgan fingerprint density at radius 1 is 1.03 bits per heavy atom. The van der Waals surface area contributed by atoms with E-state index in [1.165, 1.54) is 36.4 Å². The molecule has 1 fully saturated rings. The number of carbonyl (C=O) groups excluding carboxylic acids is 3. The van der Waals surface area contributed by atoms with E-state index in [2.05, 4.69) is 0 Å². The lowest BCUT2D eigenvalue weighted by Crippen LogP contribution is -2.38. The van der Waals surface area contributed by atoms with Crippen LogP contribution in [0.15, 0.2) is 53.4 Å². The molecule has 30 heavy (non-hydrogen) atoms. The van der Waals surface area contributed by atoms with Crippen molar-refractivity contribution >= 4 is 45.2 Å². The quantitative estimate of drug-likeness (QED) is 0.522. The summed E-state index contributed by atoms with van der Waals surface area (Å²) in [6.07, 6.45) is 0. The predicted octanol–water partition coefficient (Wildman–Crippen LogP) is 3.45. The number of hydrogen-bond donors (Lipinski definition) is 0. The van der Waals surface area contributed by atoms with Gasteiger partial charge in [0.05, 0.1) is 16.1 Å². The number of esters is 1. The van der Waals surface area contributed by atoms with Gasteiger partial charge in [0.15, 0.2) is 0 Å². The SMILES string of the molecule is CC(C)(C)OC(=O)c1ccccc1N1CC(=O)N(S(=O)(=O)c2ccc(Cl)cc2)C1=O. The van der Waals surface area contributed by atoms with Crippen molar-refractivity contribution in [3.63, 3.8) is 0 Å². The van der Waals surface area contributed by atoms with E-state index in [1.807, 2.05) is 0 Å². The molecule has 2 aromatic rings. The summed E-state index contributed by atoms with van der Waals surface area (Å²) in [6.45, 7) is 4.54. The molecule has 0 bridgehead atoms. The van der Waals surface area contributed by atoms with Crippen LogP contribution in [-0.2, 0) is 19.6 Å². The van der Waals surface area contributed by atoms with Gasteiger partial charge in [0.2, 0.25) is 0 Å². The Balaban J connectivity index is 1.98. The van der Waals surface area contributed by atoms with Crippen LogP contribution >= 0.6 is 11.6 Å². The highest BCUT2D eigenvalue weighted by atomic mass is 35.5. The van der Waals surface area contributed by atoms with Gasteiger partial charge in [0, 0.05) is 5.02 Å². The van der Waals surface area contributed by atoms with Crippen molar-refractivity contribution in [2.24, 2.45) is 0 Å². The first-order valence-electron chi connectivity index (χ1n) is 8.89. The van der Waals surface area contributed by atoms with Crippen molar-refractivity contribution < 1.29 is 27.5 Å². The minimum atomic E-state index is -4.44. The van der Waals surface area contributed by atoms with Crippen LogP contribution in [0.25, 0.3) is 0 Å². The van der Waals surface area contributed by atoms with E-state index in [0.29, 0.717) is 5.02 Å². The fourth-order valence-electron chi connectivity index (χ4n) is 2.84. The zero-order valence-electron chi connectivity index (χ0n) is 16.5. The molecule has 0 N–H and O–H groups in total. The fourth-order valence-corrected chi connectivity index (χ4v) is 4.28. The van der Waals surface area contributed by atoms with E-state index in [1.54, 1.807) is 32.9 Å². The predicted molar refractivity (Wildman–Crippen MR) is 110 cm³/mol. The lowest BCUT2D eigenvalue weighted by Gasteiger charge is -2.23. The highest BCUT2D eigenvalue weighted by molar-refractivity contribution is 7.90. The van der Waals surface area contributed by atoms with Gasteiger partial charge in [0.25, 0.3) is 15.9 Å². The van der Waals surface area contributed by atoms with Crippen LogP contribution < -0.4 is 4.90 Å². The van der Waals surface area contributed by atoms with Gasteiger partial charge in [0.1, 0.15) is 12.1 Å². The Bertz CT molecular complexity index is 1120. The van der Waals surface area contributed by atoms with Crippen molar-refractivity contribution in [3.05, 3.63) is 59.1 Å². The summed E-state index contributed by atoms with van der Waals surface area (Å²) < 4.78 is 31.3. The molecular formula is C20H19ClN2O6S. The number of rotatable bonds is 4. The molecule has 0 unspecified atom stereocenters. The zero-order valence-corrected chi connectivity index (χ0v) is 18.0. The molecule has 3 amide bonds. The van der Waals surface area contributed by atoms with Gasteiger partial charge < -0.3 is 4.74 Å². The summed E-state index contributed by atoms with van der Waals surface area (Å²) in [6, 6.07) is 10.0. The highest BCUT2D eigenvalue weighted by Crippen LogP contribution is 2.30. The van der Waals surface area contributed by atoms with E-state index in [9.17, 15) is 22.8 Å². The smallest absolute Gasteiger partial charge is 0.346 e. The van der Waals surface area contributed by atoms with Gasteiger partial charge in [-0.15, -0.1) is 4.31 Å². The minimum Gasteiger partial charge on any atom is -0.456 e. The summed E-state index contributed by atoms with van der Waals surface area (Å²) in [5, 5.41) is 0.306. The molecule has 0 atom stereocenters. The Labute approximate surface area is 179 Å². The molecule has 10 heteroatoms. The second kappa shape index (κ2) is 7.73. The summed E-state index contributed by atoms with van der Waals surface area (Å²) >= 11 is 5.78. The van der Waals surface area contributed by atoms with Crippen molar-refractivity contribution in [1.82, 2.24) is 4.31 Å². The molecule has 1 aliphatic heterocycles. The van der Waals surface area contributed by atoms with Crippen molar-refractivity contribution in [1.29, 1.82) is 0 Å². The Morgan fingerprint density at radius 2 is 1.63 bits per heavy atom. The number of imide groups is 1. The number of amides is 3. The molecule has 0 spiro atoms. The molecule has 0 saturated carbocycles. The minimum absolute atomic E-state index is 0.0410. The van der Waals surface area contributed by atoms with Crippen molar-refractivity contribution in [2.45, 2.75) is 31.3 Å². The average molecular weight is 451 g/mol. The molecule has 3 rings (SSSR count). The Hall–Kier alpha value is -2.91. The van der Waals surface area contributed by atoms with Crippen molar-refractivity contribution in [2.75, 3.05) is 11.4 Å². The number of ether oxygens (including phenoxy) is 1. The number of para-hydroxylation sites is 1. The zero-order chi connectivity index (χ0) is 22.3. The van der Waals surface area contributed by atoms with Crippen LogP contribution in [-0.4, -0.2) is 42.8 Å². The largest absolute Gasteiger partial charge is 0.456 e. The third-order valence-electron chi connectivity index (χ3n) is 4.09. The lowest BCUT2D eigenvalue weighted by molar-refractivity contribution is -0.121. The standard InChI is InChI=1S/C20H19ClN2O6S/c1-20(2,3)29-18(25)15-6-4-5-7-16(15)22-12-17(24)23(19(22)26)30(27,28)14-10-8-13(21)9-11-14/h4-11H,12H2,1-3H3. The third-order valence-corrected chi connectivity index (χ3v) is 6.05. The Morgan fingerprint density at radius 3 is 2.23 bits per heavy atom. The molecule has 1 saturated heterocycles. The first kappa shape index (κ1) is 21.8. The molecular weight excluding hydrogens is 432 g/mol. The van der Waals surface area contributed by atoms with E-state index in [-0.39, 0.29) is 20.5 Å². The molecule has 0 aliphatic carbocycles. The van der Waals surface area contributed by atoms with Crippen LogP contribution in [0.4, 0.5) is 10.5 Å². The number of benzene rings is 2. The summed E-state index contributed by atoms with van der Waals surface area (Å²) in [4.78, 5) is 38.7. The van der Waals surface area contributed by atoms with Crippen LogP contribution in [0, 0.1) is 0 Å². The number of anilines is 1. The number of hydrogen-bond acceptors (Lipinski definition) is 6. The first-order chi connectivity index (χ1) is 13.9. The molecule has 1 heterocycles. The number of carbonyl (C=O) groups is 3. The number of urea groups is 1. The third kappa shape index (κ3) is 4.17. The van der Waals surface area contributed by atoms with E-state index in [4.69, 9.17) is 16.3 Å². The topological polar surface area (TPSA) is 101 Å². The fraction of sp³-hybridized carbons (Fsp3) is 0.250. The number of nitrogens with zero attached hydrogens (tertiary/aromatic N) is 2. The molecule has 1 aliphatic rings. The monoisotopic (exact) mass is 450 g/mol.